The molecular formula is C13H18N2O2. The van der Waals surface area contributed by atoms with Crippen LogP contribution in [0.1, 0.15) is 6.92 Å². The summed E-state index contributed by atoms with van der Waals surface area (Å²) in [6.07, 6.45) is 0. The van der Waals surface area contributed by atoms with Crippen molar-refractivity contribution in [3.05, 3.63) is 24.3 Å². The Balaban J connectivity index is 2.01. The second kappa shape index (κ2) is 5.19. The molecule has 4 heteroatoms. The van der Waals surface area contributed by atoms with Crippen LogP contribution >= 0.6 is 0 Å². The summed E-state index contributed by atoms with van der Waals surface area (Å²) < 4.78 is 5.20. The third kappa shape index (κ3) is 2.58. The van der Waals surface area contributed by atoms with Gasteiger partial charge in [0.15, 0.2) is 0 Å². The van der Waals surface area contributed by atoms with Crippen molar-refractivity contribution in [2.45, 2.75) is 6.92 Å². The van der Waals surface area contributed by atoms with Gasteiger partial charge in [-0.1, -0.05) is 19.1 Å². The van der Waals surface area contributed by atoms with E-state index >= 15 is 0 Å². The molecule has 1 aliphatic heterocycles. The Labute approximate surface area is 101 Å². The van der Waals surface area contributed by atoms with E-state index in [0.717, 1.165) is 18.8 Å². The Kier molecular flexibility index (Phi) is 3.64. The van der Waals surface area contributed by atoms with Gasteiger partial charge in [0.1, 0.15) is 5.75 Å². The highest BCUT2D eigenvalue weighted by molar-refractivity contribution is 5.94. The molecule has 1 aliphatic rings. The molecule has 0 aromatic heterocycles. The second-order valence-corrected chi connectivity index (χ2v) is 4.40. The minimum absolute atomic E-state index is 0.0289. The lowest BCUT2D eigenvalue weighted by molar-refractivity contribution is -0.121. The first-order valence-electron chi connectivity index (χ1n) is 5.87. The van der Waals surface area contributed by atoms with Crippen molar-refractivity contribution < 1.29 is 9.53 Å². The van der Waals surface area contributed by atoms with Gasteiger partial charge in [-0.15, -0.1) is 0 Å². The number of carbonyl (C=O) groups excluding carboxylic acids is 1. The fourth-order valence-corrected chi connectivity index (χ4v) is 1.87. The summed E-state index contributed by atoms with van der Waals surface area (Å²) >= 11 is 0. The molecule has 0 bridgehead atoms. The monoisotopic (exact) mass is 234 g/mol. The number of rotatable bonds is 4. The molecule has 1 aromatic carbocycles. The van der Waals surface area contributed by atoms with E-state index in [0.29, 0.717) is 11.7 Å². The van der Waals surface area contributed by atoms with E-state index in [-0.39, 0.29) is 11.8 Å². The van der Waals surface area contributed by atoms with Gasteiger partial charge in [-0.05, 0) is 31.1 Å². The van der Waals surface area contributed by atoms with Gasteiger partial charge in [-0.25, -0.2) is 0 Å². The molecule has 1 amide bonds. The van der Waals surface area contributed by atoms with Gasteiger partial charge in [-0.3, -0.25) is 4.79 Å². The first kappa shape index (κ1) is 11.9. The lowest BCUT2D eigenvalue weighted by atomic mass is 9.88. The zero-order valence-electron chi connectivity index (χ0n) is 10.2. The molecule has 1 unspecified atom stereocenters. The molecule has 2 N–H and O–H groups in total. The zero-order valence-corrected chi connectivity index (χ0v) is 10.2. The standard InChI is InChI=1S/C13H18N2O2/c1-9(10-7-14-8-10)13(16)15-11-5-3-4-6-12(11)17-2/h3-6,9-10,14H,7-8H2,1-2H3,(H,15,16). The maximum atomic E-state index is 12.0. The third-order valence-electron chi connectivity index (χ3n) is 3.30. The first-order chi connectivity index (χ1) is 8.22. The molecule has 0 aliphatic carbocycles. The average Bonchev–Trinajstić information content (AvgIpc) is 2.27. The highest BCUT2D eigenvalue weighted by atomic mass is 16.5. The van der Waals surface area contributed by atoms with Crippen LogP contribution in [-0.2, 0) is 4.79 Å². The number of benzene rings is 1. The lowest BCUT2D eigenvalue weighted by Gasteiger charge is -2.31. The van der Waals surface area contributed by atoms with Crippen LogP contribution in [0.4, 0.5) is 5.69 Å². The zero-order chi connectivity index (χ0) is 12.3. The van der Waals surface area contributed by atoms with Crippen LogP contribution in [0.15, 0.2) is 24.3 Å². The molecule has 17 heavy (non-hydrogen) atoms. The Bertz CT molecular complexity index is 402. The van der Waals surface area contributed by atoms with Crippen molar-refractivity contribution in [3.63, 3.8) is 0 Å². The van der Waals surface area contributed by atoms with Crippen molar-refractivity contribution in [2.75, 3.05) is 25.5 Å². The van der Waals surface area contributed by atoms with Crippen molar-refractivity contribution in [1.29, 1.82) is 0 Å². The minimum atomic E-state index is 0.0289. The fourth-order valence-electron chi connectivity index (χ4n) is 1.87. The molecular weight excluding hydrogens is 216 g/mol. The largest absolute Gasteiger partial charge is 0.495 e. The summed E-state index contributed by atoms with van der Waals surface area (Å²) in [4.78, 5) is 12.0. The Hall–Kier alpha value is -1.55. The van der Waals surface area contributed by atoms with Gasteiger partial charge in [0.05, 0.1) is 12.8 Å². The van der Waals surface area contributed by atoms with E-state index in [1.165, 1.54) is 0 Å². The summed E-state index contributed by atoms with van der Waals surface area (Å²) in [7, 11) is 1.60. The maximum Gasteiger partial charge on any atom is 0.227 e. The van der Waals surface area contributed by atoms with Crippen molar-refractivity contribution >= 4 is 11.6 Å². The van der Waals surface area contributed by atoms with Crippen molar-refractivity contribution in [1.82, 2.24) is 5.32 Å². The number of methoxy groups -OCH3 is 1. The molecule has 1 heterocycles. The quantitative estimate of drug-likeness (QED) is 0.830. The maximum absolute atomic E-state index is 12.0. The van der Waals surface area contributed by atoms with Gasteiger partial charge < -0.3 is 15.4 Å². The van der Waals surface area contributed by atoms with E-state index in [2.05, 4.69) is 10.6 Å². The summed E-state index contributed by atoms with van der Waals surface area (Å²) in [5.74, 6) is 1.23. The summed E-state index contributed by atoms with van der Waals surface area (Å²) in [5, 5.41) is 6.10. The number of para-hydroxylation sites is 2. The van der Waals surface area contributed by atoms with E-state index < -0.39 is 0 Å². The van der Waals surface area contributed by atoms with E-state index in [4.69, 9.17) is 4.74 Å². The van der Waals surface area contributed by atoms with Crippen molar-refractivity contribution in [3.8, 4) is 5.75 Å². The molecule has 1 atom stereocenters. The average molecular weight is 234 g/mol. The second-order valence-electron chi connectivity index (χ2n) is 4.40. The number of carbonyl (C=O) groups is 1. The topological polar surface area (TPSA) is 50.4 Å². The number of hydrogen-bond acceptors (Lipinski definition) is 3. The van der Waals surface area contributed by atoms with E-state index in [9.17, 15) is 4.79 Å². The van der Waals surface area contributed by atoms with Crippen LogP contribution in [0.3, 0.4) is 0 Å². The van der Waals surface area contributed by atoms with Crippen molar-refractivity contribution in [2.24, 2.45) is 11.8 Å². The normalized spacial score (nSPS) is 17.1. The van der Waals surface area contributed by atoms with E-state index in [1.54, 1.807) is 7.11 Å². The summed E-state index contributed by atoms with van der Waals surface area (Å²) in [6, 6.07) is 7.45. The van der Waals surface area contributed by atoms with Gasteiger partial charge in [0, 0.05) is 5.92 Å². The summed E-state index contributed by atoms with van der Waals surface area (Å²) in [6.45, 7) is 3.83. The SMILES string of the molecule is COc1ccccc1NC(=O)C(C)C1CNC1. The number of hydrogen-bond donors (Lipinski definition) is 2. The van der Waals surface area contributed by atoms with Crippen LogP contribution in [0.5, 0.6) is 5.75 Å². The van der Waals surface area contributed by atoms with Crippen LogP contribution in [0.2, 0.25) is 0 Å². The van der Waals surface area contributed by atoms with Crippen LogP contribution in [0, 0.1) is 11.8 Å². The van der Waals surface area contributed by atoms with Crippen LogP contribution in [-0.4, -0.2) is 26.1 Å². The highest BCUT2D eigenvalue weighted by Gasteiger charge is 2.28. The van der Waals surface area contributed by atoms with Gasteiger partial charge in [-0.2, -0.15) is 0 Å². The predicted octanol–water partition coefficient (Wildman–Crippen LogP) is 1.49. The van der Waals surface area contributed by atoms with Gasteiger partial charge >= 0.3 is 0 Å². The Morgan fingerprint density at radius 1 is 1.47 bits per heavy atom. The number of ether oxygens (including phenoxy) is 1. The molecule has 1 saturated heterocycles. The predicted molar refractivity (Wildman–Crippen MR) is 67.1 cm³/mol. The number of amides is 1. The Morgan fingerprint density at radius 2 is 2.18 bits per heavy atom. The highest BCUT2D eigenvalue weighted by Crippen LogP contribution is 2.25. The molecule has 92 valence electrons. The molecule has 1 fully saturated rings. The van der Waals surface area contributed by atoms with Crippen LogP contribution in [0.25, 0.3) is 0 Å². The molecule has 0 spiro atoms. The number of nitrogens with one attached hydrogen (secondary N) is 2. The molecule has 1 aromatic rings. The number of anilines is 1. The smallest absolute Gasteiger partial charge is 0.227 e. The third-order valence-corrected chi connectivity index (χ3v) is 3.30. The molecule has 2 rings (SSSR count). The van der Waals surface area contributed by atoms with Crippen LogP contribution < -0.4 is 15.4 Å². The summed E-state index contributed by atoms with van der Waals surface area (Å²) in [5.41, 5.74) is 0.735. The molecule has 0 radical (unpaired) electrons. The molecule has 0 saturated carbocycles. The lowest BCUT2D eigenvalue weighted by Crippen LogP contribution is -2.48. The van der Waals surface area contributed by atoms with Gasteiger partial charge in [0.2, 0.25) is 5.91 Å². The van der Waals surface area contributed by atoms with Gasteiger partial charge in [0.25, 0.3) is 0 Å². The first-order valence-corrected chi connectivity index (χ1v) is 5.87. The fraction of sp³-hybridized carbons (Fsp3) is 0.462. The van der Waals surface area contributed by atoms with E-state index in [1.807, 2.05) is 31.2 Å². The minimum Gasteiger partial charge on any atom is -0.495 e. The molecule has 4 nitrogen and oxygen atoms in total. The Morgan fingerprint density at radius 3 is 2.76 bits per heavy atom.